The smallest absolute Gasteiger partial charge is 0.256 e. The van der Waals surface area contributed by atoms with Crippen LogP contribution in [0.15, 0.2) is 18.2 Å². The van der Waals surface area contributed by atoms with E-state index in [4.69, 9.17) is 0 Å². The van der Waals surface area contributed by atoms with Crippen molar-refractivity contribution in [2.75, 3.05) is 18.9 Å². The quantitative estimate of drug-likeness (QED) is 0.596. The minimum absolute atomic E-state index is 0.0518. The zero-order valence-corrected chi connectivity index (χ0v) is 15.5. The molecule has 0 bridgehead atoms. The first-order valence-corrected chi connectivity index (χ1v) is 9.31. The number of nitrogens with one attached hydrogen (secondary N) is 2. The standard InChI is InChI=1S/C16H16IN3O2S/c1-20-5-4-9-12(7-20)23-16-13(9)15(22)18-14(19-16)10-6-8(17)2-3-11(10)21/h2-3,6,14,19,21H,4-5,7H2,1H3,(H,18,22)/t14-/m0/s1. The number of rotatable bonds is 1. The Morgan fingerprint density at radius 2 is 2.22 bits per heavy atom. The fourth-order valence-electron chi connectivity index (χ4n) is 3.16. The Balaban J connectivity index is 1.73. The molecule has 2 aliphatic rings. The maximum absolute atomic E-state index is 12.6. The molecule has 3 heterocycles. The van der Waals surface area contributed by atoms with E-state index in [9.17, 15) is 9.90 Å². The third kappa shape index (κ3) is 2.60. The van der Waals surface area contributed by atoms with Crippen molar-refractivity contribution >= 4 is 44.8 Å². The zero-order chi connectivity index (χ0) is 16.1. The topological polar surface area (TPSA) is 64.6 Å². The zero-order valence-electron chi connectivity index (χ0n) is 12.5. The number of amides is 1. The Bertz CT molecular complexity index is 805. The van der Waals surface area contributed by atoms with E-state index >= 15 is 0 Å². The van der Waals surface area contributed by atoms with Crippen LogP contribution in [0.4, 0.5) is 5.00 Å². The summed E-state index contributed by atoms with van der Waals surface area (Å²) >= 11 is 3.86. The predicted molar refractivity (Wildman–Crippen MR) is 99.0 cm³/mol. The molecule has 1 aromatic carbocycles. The van der Waals surface area contributed by atoms with Gasteiger partial charge in [0.1, 0.15) is 16.9 Å². The maximum atomic E-state index is 12.6. The number of phenols is 1. The predicted octanol–water partition coefficient (Wildman–Crippen LogP) is 2.90. The van der Waals surface area contributed by atoms with Gasteiger partial charge in [-0.15, -0.1) is 11.3 Å². The highest BCUT2D eigenvalue weighted by Crippen LogP contribution is 2.41. The van der Waals surface area contributed by atoms with Crippen LogP contribution < -0.4 is 10.6 Å². The first-order chi connectivity index (χ1) is 11.0. The SMILES string of the molecule is CN1CCc2c(sc3c2C(=O)N[C@H](c2cc(I)ccc2O)N3)C1. The Morgan fingerprint density at radius 1 is 1.39 bits per heavy atom. The van der Waals surface area contributed by atoms with Crippen LogP contribution in [0.3, 0.4) is 0 Å². The third-order valence-corrected chi connectivity index (χ3v) is 6.15. The molecule has 5 nitrogen and oxygen atoms in total. The lowest BCUT2D eigenvalue weighted by Crippen LogP contribution is -2.38. The molecule has 0 saturated carbocycles. The van der Waals surface area contributed by atoms with Crippen molar-refractivity contribution in [2.24, 2.45) is 0 Å². The average molecular weight is 441 g/mol. The van der Waals surface area contributed by atoms with Crippen molar-refractivity contribution < 1.29 is 9.90 Å². The Labute approximate surface area is 151 Å². The minimum atomic E-state index is -0.400. The van der Waals surface area contributed by atoms with Crippen LogP contribution in [0.1, 0.15) is 32.5 Å². The van der Waals surface area contributed by atoms with Crippen LogP contribution in [0.25, 0.3) is 0 Å². The van der Waals surface area contributed by atoms with Gasteiger partial charge in [0, 0.05) is 27.1 Å². The minimum Gasteiger partial charge on any atom is -0.508 e. The van der Waals surface area contributed by atoms with E-state index in [1.807, 2.05) is 12.1 Å². The largest absolute Gasteiger partial charge is 0.508 e. The van der Waals surface area contributed by atoms with E-state index in [0.717, 1.165) is 33.6 Å². The molecule has 0 radical (unpaired) electrons. The molecule has 3 N–H and O–H groups in total. The Hall–Kier alpha value is -1.32. The molecule has 7 heteroatoms. The number of benzene rings is 1. The average Bonchev–Trinajstić information content (AvgIpc) is 2.87. The van der Waals surface area contributed by atoms with Crippen molar-refractivity contribution in [3.8, 4) is 5.75 Å². The van der Waals surface area contributed by atoms with Crippen LogP contribution in [0.5, 0.6) is 5.75 Å². The number of hydrogen-bond acceptors (Lipinski definition) is 5. The van der Waals surface area contributed by atoms with Gasteiger partial charge in [0.25, 0.3) is 5.91 Å². The molecule has 23 heavy (non-hydrogen) atoms. The Kier molecular flexibility index (Phi) is 3.73. The fourth-order valence-corrected chi connectivity index (χ4v) is 5.02. The van der Waals surface area contributed by atoms with E-state index in [-0.39, 0.29) is 11.7 Å². The molecule has 2 aliphatic heterocycles. The van der Waals surface area contributed by atoms with Gasteiger partial charge in [-0.1, -0.05) is 0 Å². The van der Waals surface area contributed by atoms with Gasteiger partial charge in [-0.2, -0.15) is 0 Å². The second-order valence-electron chi connectivity index (χ2n) is 5.95. The summed E-state index contributed by atoms with van der Waals surface area (Å²) in [5.74, 6) is 0.136. The fraction of sp³-hybridized carbons (Fsp3) is 0.312. The number of halogens is 1. The van der Waals surface area contributed by atoms with Gasteiger partial charge in [0.15, 0.2) is 0 Å². The van der Waals surface area contributed by atoms with Gasteiger partial charge in [-0.25, -0.2) is 0 Å². The van der Waals surface area contributed by atoms with Crippen molar-refractivity contribution in [3.63, 3.8) is 0 Å². The van der Waals surface area contributed by atoms with Gasteiger partial charge in [0.2, 0.25) is 0 Å². The number of nitrogens with zero attached hydrogens (tertiary/aromatic N) is 1. The number of carbonyl (C=O) groups excluding carboxylic acids is 1. The van der Waals surface area contributed by atoms with E-state index in [1.54, 1.807) is 17.4 Å². The van der Waals surface area contributed by atoms with Crippen LogP contribution in [0.2, 0.25) is 0 Å². The lowest BCUT2D eigenvalue weighted by molar-refractivity contribution is 0.0934. The number of aromatic hydroxyl groups is 1. The highest BCUT2D eigenvalue weighted by molar-refractivity contribution is 14.1. The summed E-state index contributed by atoms with van der Waals surface area (Å²) in [6.45, 7) is 1.87. The number of phenolic OH excluding ortho intramolecular Hbond substituents is 1. The molecule has 0 aliphatic carbocycles. The third-order valence-electron chi connectivity index (χ3n) is 4.33. The highest BCUT2D eigenvalue weighted by Gasteiger charge is 2.33. The van der Waals surface area contributed by atoms with E-state index in [0.29, 0.717) is 5.56 Å². The van der Waals surface area contributed by atoms with E-state index in [2.05, 4.69) is 45.2 Å². The molecule has 2 aromatic rings. The molecular weight excluding hydrogens is 425 g/mol. The summed E-state index contributed by atoms with van der Waals surface area (Å²) < 4.78 is 1.02. The number of fused-ring (bicyclic) bond motifs is 3. The highest BCUT2D eigenvalue weighted by atomic mass is 127. The molecule has 0 saturated heterocycles. The van der Waals surface area contributed by atoms with E-state index in [1.165, 1.54) is 10.4 Å². The summed E-state index contributed by atoms with van der Waals surface area (Å²) in [4.78, 5) is 16.2. The lowest BCUT2D eigenvalue weighted by atomic mass is 10.0. The summed E-state index contributed by atoms with van der Waals surface area (Å²) in [6.07, 6.45) is 0.508. The molecule has 1 atom stereocenters. The summed E-state index contributed by atoms with van der Waals surface area (Å²) in [5, 5.41) is 17.4. The van der Waals surface area contributed by atoms with Crippen LogP contribution in [-0.2, 0) is 13.0 Å². The van der Waals surface area contributed by atoms with Crippen molar-refractivity contribution in [1.82, 2.24) is 10.2 Å². The number of thiophene rings is 1. The molecule has 0 spiro atoms. The van der Waals surface area contributed by atoms with Gasteiger partial charge in [0.05, 0.1) is 5.56 Å². The van der Waals surface area contributed by atoms with Crippen molar-refractivity contribution in [3.05, 3.63) is 43.3 Å². The van der Waals surface area contributed by atoms with Crippen LogP contribution in [0, 0.1) is 3.57 Å². The first-order valence-electron chi connectivity index (χ1n) is 7.42. The Morgan fingerprint density at radius 3 is 3.04 bits per heavy atom. The number of anilines is 1. The van der Waals surface area contributed by atoms with Crippen molar-refractivity contribution in [2.45, 2.75) is 19.1 Å². The number of likely N-dealkylation sites (N-methyl/N-ethyl adjacent to an activating group) is 1. The maximum Gasteiger partial charge on any atom is 0.256 e. The molecule has 4 rings (SSSR count). The summed E-state index contributed by atoms with van der Waals surface area (Å²) in [6, 6.07) is 5.39. The molecule has 0 unspecified atom stereocenters. The molecule has 1 amide bonds. The van der Waals surface area contributed by atoms with Gasteiger partial charge < -0.3 is 20.6 Å². The van der Waals surface area contributed by atoms with Crippen LogP contribution in [-0.4, -0.2) is 29.5 Å². The first kappa shape index (κ1) is 15.2. The summed E-state index contributed by atoms with van der Waals surface area (Å²) in [5.41, 5.74) is 2.66. The van der Waals surface area contributed by atoms with E-state index < -0.39 is 6.17 Å². The van der Waals surface area contributed by atoms with Gasteiger partial charge in [-0.05, 0) is 59.8 Å². The summed E-state index contributed by atoms with van der Waals surface area (Å²) in [7, 11) is 2.10. The lowest BCUT2D eigenvalue weighted by Gasteiger charge is -2.27. The molecule has 120 valence electrons. The number of carbonyl (C=O) groups is 1. The second-order valence-corrected chi connectivity index (χ2v) is 8.30. The second kappa shape index (κ2) is 5.64. The van der Waals surface area contributed by atoms with Crippen LogP contribution >= 0.6 is 33.9 Å². The van der Waals surface area contributed by atoms with Gasteiger partial charge in [-0.3, -0.25) is 4.79 Å². The molecule has 1 aromatic heterocycles. The molecular formula is C16H16IN3O2S. The normalized spacial score (nSPS) is 20.4. The van der Waals surface area contributed by atoms with Crippen molar-refractivity contribution in [1.29, 1.82) is 0 Å². The number of hydrogen-bond donors (Lipinski definition) is 3. The van der Waals surface area contributed by atoms with Gasteiger partial charge >= 0.3 is 0 Å². The monoisotopic (exact) mass is 441 g/mol. The molecule has 0 fully saturated rings.